The Bertz CT molecular complexity index is 521. The summed E-state index contributed by atoms with van der Waals surface area (Å²) in [4.78, 5) is 1.47. The molecule has 1 heteroatoms. The molecule has 1 heterocycles. The Morgan fingerprint density at radius 2 is 1.47 bits per heavy atom. The van der Waals surface area contributed by atoms with Crippen LogP contribution in [0.1, 0.15) is 52.0 Å². The van der Waals surface area contributed by atoms with Crippen molar-refractivity contribution in [3.05, 3.63) is 34.7 Å². The highest BCUT2D eigenvalue weighted by molar-refractivity contribution is 7.19. The third-order valence-corrected chi connectivity index (χ3v) is 4.66. The van der Waals surface area contributed by atoms with Gasteiger partial charge in [-0.15, -0.1) is 11.3 Å². The van der Waals surface area contributed by atoms with Gasteiger partial charge in [-0.05, 0) is 40.0 Å². The standard InChI is InChI=1S/C16H22S/c1-15(2,3)12-7-8-13-11(9-12)10-14(17-13)16(4,5)6/h7-10H,1-6H3. The summed E-state index contributed by atoms with van der Waals surface area (Å²) in [7, 11) is 0. The predicted molar refractivity (Wildman–Crippen MR) is 79.2 cm³/mol. The van der Waals surface area contributed by atoms with Crippen molar-refractivity contribution in [2.45, 2.75) is 52.4 Å². The van der Waals surface area contributed by atoms with Crippen LogP contribution in [0.15, 0.2) is 24.3 Å². The first-order valence-corrected chi connectivity index (χ1v) is 7.04. The van der Waals surface area contributed by atoms with Gasteiger partial charge in [0.15, 0.2) is 0 Å². The summed E-state index contributed by atoms with van der Waals surface area (Å²) in [6, 6.07) is 9.25. The molecule has 0 unspecified atom stereocenters. The van der Waals surface area contributed by atoms with E-state index in [4.69, 9.17) is 0 Å². The molecule has 0 saturated carbocycles. The molecule has 1 aromatic heterocycles. The maximum atomic E-state index is 2.36. The van der Waals surface area contributed by atoms with Crippen molar-refractivity contribution >= 4 is 21.4 Å². The van der Waals surface area contributed by atoms with Crippen molar-refractivity contribution in [3.63, 3.8) is 0 Å². The number of fused-ring (bicyclic) bond motifs is 1. The van der Waals surface area contributed by atoms with Crippen LogP contribution in [0, 0.1) is 0 Å². The minimum atomic E-state index is 0.234. The van der Waals surface area contributed by atoms with Gasteiger partial charge in [-0.25, -0.2) is 0 Å². The van der Waals surface area contributed by atoms with E-state index < -0.39 is 0 Å². The second-order valence-corrected chi connectivity index (χ2v) is 7.95. The maximum absolute atomic E-state index is 2.36. The van der Waals surface area contributed by atoms with E-state index in [1.54, 1.807) is 0 Å². The molecule has 92 valence electrons. The Balaban J connectivity index is 2.56. The predicted octanol–water partition coefficient (Wildman–Crippen LogP) is 5.50. The SMILES string of the molecule is CC(C)(C)c1ccc2sc(C(C)(C)C)cc2c1. The van der Waals surface area contributed by atoms with E-state index in [2.05, 4.69) is 65.8 Å². The van der Waals surface area contributed by atoms with Gasteiger partial charge < -0.3 is 0 Å². The molecule has 0 amide bonds. The molecule has 0 atom stereocenters. The van der Waals surface area contributed by atoms with E-state index in [-0.39, 0.29) is 10.8 Å². The molecule has 0 N–H and O–H groups in total. The Morgan fingerprint density at radius 3 is 2.00 bits per heavy atom. The zero-order valence-corrected chi connectivity index (χ0v) is 12.5. The first-order valence-electron chi connectivity index (χ1n) is 6.22. The van der Waals surface area contributed by atoms with Gasteiger partial charge in [0.1, 0.15) is 0 Å². The van der Waals surface area contributed by atoms with Crippen LogP contribution in [0.25, 0.3) is 10.1 Å². The Morgan fingerprint density at radius 1 is 0.824 bits per heavy atom. The van der Waals surface area contributed by atoms with E-state index in [9.17, 15) is 0 Å². The summed E-state index contributed by atoms with van der Waals surface area (Å²) in [6.07, 6.45) is 0. The highest BCUT2D eigenvalue weighted by atomic mass is 32.1. The summed E-state index contributed by atoms with van der Waals surface area (Å²) in [5, 5.41) is 1.40. The molecule has 0 nitrogen and oxygen atoms in total. The highest BCUT2D eigenvalue weighted by Gasteiger charge is 2.18. The van der Waals surface area contributed by atoms with Gasteiger partial charge in [0.25, 0.3) is 0 Å². The third-order valence-electron chi connectivity index (χ3n) is 3.12. The second kappa shape index (κ2) is 3.84. The molecule has 0 fully saturated rings. The molecular formula is C16H22S. The summed E-state index contributed by atoms with van der Waals surface area (Å²) in [6.45, 7) is 13.6. The van der Waals surface area contributed by atoms with Crippen molar-refractivity contribution < 1.29 is 0 Å². The van der Waals surface area contributed by atoms with Crippen molar-refractivity contribution in [1.29, 1.82) is 0 Å². The van der Waals surface area contributed by atoms with E-state index in [1.165, 1.54) is 20.5 Å². The molecule has 0 radical (unpaired) electrons. The first-order chi connectivity index (χ1) is 7.68. The van der Waals surface area contributed by atoms with Crippen LogP contribution in [-0.2, 0) is 10.8 Å². The molecule has 0 aliphatic carbocycles. The molecule has 0 bridgehead atoms. The molecule has 0 spiro atoms. The van der Waals surface area contributed by atoms with Crippen LogP contribution in [0.5, 0.6) is 0 Å². The van der Waals surface area contributed by atoms with Crippen molar-refractivity contribution in [3.8, 4) is 0 Å². The molecule has 0 aliphatic heterocycles. The van der Waals surface area contributed by atoms with E-state index >= 15 is 0 Å². The summed E-state index contributed by atoms with van der Waals surface area (Å²) < 4.78 is 1.41. The van der Waals surface area contributed by atoms with Gasteiger partial charge in [0, 0.05) is 9.58 Å². The van der Waals surface area contributed by atoms with Crippen molar-refractivity contribution in [2.24, 2.45) is 0 Å². The largest absolute Gasteiger partial charge is 0.140 e. The summed E-state index contributed by atoms with van der Waals surface area (Å²) in [5.41, 5.74) is 1.91. The average Bonchev–Trinajstić information content (AvgIpc) is 2.57. The quantitative estimate of drug-likeness (QED) is 0.576. The molecule has 0 saturated heterocycles. The second-order valence-electron chi connectivity index (χ2n) is 6.86. The molecule has 0 aliphatic rings. The number of hydrogen-bond acceptors (Lipinski definition) is 1. The van der Waals surface area contributed by atoms with Crippen LogP contribution in [0.2, 0.25) is 0 Å². The number of hydrogen-bond donors (Lipinski definition) is 0. The van der Waals surface area contributed by atoms with Crippen molar-refractivity contribution in [2.75, 3.05) is 0 Å². The Hall–Kier alpha value is -0.820. The smallest absolute Gasteiger partial charge is 0.0346 e. The zero-order chi connectivity index (χ0) is 12.8. The lowest BCUT2D eigenvalue weighted by Crippen LogP contribution is -2.10. The van der Waals surface area contributed by atoms with Crippen LogP contribution in [0.4, 0.5) is 0 Å². The van der Waals surface area contributed by atoms with E-state index in [0.29, 0.717) is 0 Å². The summed E-state index contributed by atoms with van der Waals surface area (Å²) in [5.74, 6) is 0. The minimum Gasteiger partial charge on any atom is -0.140 e. The van der Waals surface area contributed by atoms with Gasteiger partial charge >= 0.3 is 0 Å². The lowest BCUT2D eigenvalue weighted by molar-refractivity contribution is 0.591. The number of rotatable bonds is 0. The van der Waals surface area contributed by atoms with Gasteiger partial charge in [-0.2, -0.15) is 0 Å². The number of thiophene rings is 1. The van der Waals surface area contributed by atoms with E-state index in [0.717, 1.165) is 0 Å². The first kappa shape index (κ1) is 12.6. The van der Waals surface area contributed by atoms with Crippen LogP contribution < -0.4 is 0 Å². The third kappa shape index (κ3) is 2.55. The average molecular weight is 246 g/mol. The molecule has 2 rings (SSSR count). The molecule has 1 aromatic carbocycles. The molecule has 17 heavy (non-hydrogen) atoms. The topological polar surface area (TPSA) is 0 Å². The zero-order valence-electron chi connectivity index (χ0n) is 11.7. The molecular weight excluding hydrogens is 224 g/mol. The lowest BCUT2D eigenvalue weighted by Gasteiger charge is -2.18. The highest BCUT2D eigenvalue weighted by Crippen LogP contribution is 2.36. The van der Waals surface area contributed by atoms with E-state index in [1.807, 2.05) is 11.3 Å². The van der Waals surface area contributed by atoms with Crippen molar-refractivity contribution in [1.82, 2.24) is 0 Å². The van der Waals surface area contributed by atoms with Gasteiger partial charge in [0.2, 0.25) is 0 Å². The fourth-order valence-corrected chi connectivity index (χ4v) is 2.98. The lowest BCUT2D eigenvalue weighted by atomic mass is 9.86. The van der Waals surface area contributed by atoms with Crippen LogP contribution in [0.3, 0.4) is 0 Å². The fourth-order valence-electron chi connectivity index (χ4n) is 1.88. The molecule has 2 aromatic rings. The minimum absolute atomic E-state index is 0.234. The summed E-state index contributed by atoms with van der Waals surface area (Å²) >= 11 is 1.92. The van der Waals surface area contributed by atoms with Gasteiger partial charge in [-0.3, -0.25) is 0 Å². The maximum Gasteiger partial charge on any atom is 0.0346 e. The Kier molecular flexibility index (Phi) is 2.86. The fraction of sp³-hybridized carbons (Fsp3) is 0.500. The Labute approximate surface area is 109 Å². The normalized spacial score (nSPS) is 13.3. The van der Waals surface area contributed by atoms with Gasteiger partial charge in [-0.1, -0.05) is 47.6 Å². The van der Waals surface area contributed by atoms with Crippen LogP contribution >= 0.6 is 11.3 Å². The van der Waals surface area contributed by atoms with Crippen LogP contribution in [-0.4, -0.2) is 0 Å². The van der Waals surface area contributed by atoms with Gasteiger partial charge in [0.05, 0.1) is 0 Å². The monoisotopic (exact) mass is 246 g/mol. The number of benzene rings is 1.